The third kappa shape index (κ3) is 4.92. The fourth-order valence-electron chi connectivity index (χ4n) is 2.28. The van der Waals surface area contributed by atoms with Gasteiger partial charge in [0.05, 0.1) is 23.3 Å². The maximum Gasteiger partial charge on any atom is 0.226 e. The molecule has 0 spiro atoms. The molecule has 0 saturated carbocycles. The van der Waals surface area contributed by atoms with Crippen LogP contribution in [-0.4, -0.2) is 18.4 Å². The molecule has 2 amide bonds. The quantitative estimate of drug-likeness (QED) is 0.910. The monoisotopic (exact) mass is 332 g/mol. The molecule has 0 heterocycles. The molecule has 0 aliphatic heterocycles. The molecule has 2 aromatic rings. The second-order valence-corrected chi connectivity index (χ2v) is 5.32. The normalized spacial score (nSPS) is 9.56. The van der Waals surface area contributed by atoms with Crippen molar-refractivity contribution in [3.05, 3.63) is 59.7 Å². The first-order valence-electron chi connectivity index (χ1n) is 7.62. The van der Waals surface area contributed by atoms with Crippen LogP contribution in [0.25, 0.3) is 0 Å². The van der Waals surface area contributed by atoms with E-state index in [1.807, 2.05) is 12.1 Å². The van der Waals surface area contributed by atoms with Crippen molar-refractivity contribution in [2.24, 2.45) is 0 Å². The Morgan fingerprint density at radius 1 is 1.04 bits per heavy atom. The molecule has 0 fully saturated rings. The van der Waals surface area contributed by atoms with E-state index in [0.717, 1.165) is 0 Å². The number of nitrogens with zero attached hydrogens (tertiary/aromatic N) is 3. The van der Waals surface area contributed by atoms with Gasteiger partial charge in [0.2, 0.25) is 11.8 Å². The predicted octanol–water partition coefficient (Wildman–Crippen LogP) is 2.81. The highest BCUT2D eigenvalue weighted by Crippen LogP contribution is 2.17. The highest BCUT2D eigenvalue weighted by atomic mass is 16.2. The minimum absolute atomic E-state index is 0.108. The van der Waals surface area contributed by atoms with Gasteiger partial charge in [-0.25, -0.2) is 0 Å². The Bertz CT molecular complexity index is 860. The van der Waals surface area contributed by atoms with Gasteiger partial charge in [-0.1, -0.05) is 6.07 Å². The molecule has 0 bridgehead atoms. The van der Waals surface area contributed by atoms with Gasteiger partial charge in [0.15, 0.2) is 0 Å². The first-order valence-corrected chi connectivity index (χ1v) is 7.62. The van der Waals surface area contributed by atoms with Crippen LogP contribution < -0.4 is 10.2 Å². The van der Waals surface area contributed by atoms with E-state index in [1.165, 1.54) is 11.8 Å². The van der Waals surface area contributed by atoms with Gasteiger partial charge in [0, 0.05) is 31.3 Å². The number of anilines is 2. The summed E-state index contributed by atoms with van der Waals surface area (Å²) in [6, 6.07) is 17.2. The summed E-state index contributed by atoms with van der Waals surface area (Å²) in [6.45, 7) is 1.61. The number of amides is 2. The number of rotatable bonds is 5. The topological polar surface area (TPSA) is 97.0 Å². The third-order valence-corrected chi connectivity index (χ3v) is 3.53. The number of nitriles is 2. The van der Waals surface area contributed by atoms with Crippen LogP contribution in [0, 0.1) is 22.7 Å². The number of carbonyl (C=O) groups is 2. The first-order chi connectivity index (χ1) is 12.0. The van der Waals surface area contributed by atoms with E-state index < -0.39 is 0 Å². The van der Waals surface area contributed by atoms with Crippen molar-refractivity contribution in [3.63, 3.8) is 0 Å². The average Bonchev–Trinajstić information content (AvgIpc) is 2.62. The van der Waals surface area contributed by atoms with Gasteiger partial charge < -0.3 is 10.2 Å². The molecule has 2 aromatic carbocycles. The molecule has 0 radical (unpaired) electrons. The van der Waals surface area contributed by atoms with Crippen LogP contribution in [0.2, 0.25) is 0 Å². The molecule has 25 heavy (non-hydrogen) atoms. The van der Waals surface area contributed by atoms with E-state index in [0.29, 0.717) is 22.5 Å². The molecule has 0 saturated heterocycles. The lowest BCUT2D eigenvalue weighted by atomic mass is 10.2. The molecule has 0 aliphatic rings. The smallest absolute Gasteiger partial charge is 0.226 e. The minimum Gasteiger partial charge on any atom is -0.326 e. The van der Waals surface area contributed by atoms with Crippen molar-refractivity contribution in [1.29, 1.82) is 10.5 Å². The largest absolute Gasteiger partial charge is 0.326 e. The first kappa shape index (κ1) is 17.7. The lowest BCUT2D eigenvalue weighted by Gasteiger charge is -2.21. The van der Waals surface area contributed by atoms with Crippen molar-refractivity contribution >= 4 is 23.2 Å². The van der Waals surface area contributed by atoms with Crippen LogP contribution in [0.15, 0.2) is 48.5 Å². The molecule has 0 unspecified atom stereocenters. The van der Waals surface area contributed by atoms with E-state index in [9.17, 15) is 9.59 Å². The Labute approximate surface area is 145 Å². The highest BCUT2D eigenvalue weighted by molar-refractivity contribution is 5.94. The zero-order valence-electron chi connectivity index (χ0n) is 13.7. The number of carbonyl (C=O) groups excluding carboxylic acids is 2. The van der Waals surface area contributed by atoms with Crippen molar-refractivity contribution in [2.75, 3.05) is 16.8 Å². The molecule has 1 N–H and O–H groups in total. The van der Waals surface area contributed by atoms with Crippen molar-refractivity contribution < 1.29 is 9.59 Å². The van der Waals surface area contributed by atoms with Gasteiger partial charge in [-0.2, -0.15) is 10.5 Å². The third-order valence-electron chi connectivity index (χ3n) is 3.53. The van der Waals surface area contributed by atoms with Crippen molar-refractivity contribution in [3.8, 4) is 12.1 Å². The lowest BCUT2D eigenvalue weighted by molar-refractivity contribution is -0.117. The van der Waals surface area contributed by atoms with E-state index >= 15 is 0 Å². The molecule has 6 nitrogen and oxygen atoms in total. The molecule has 0 aliphatic carbocycles. The Morgan fingerprint density at radius 2 is 1.72 bits per heavy atom. The summed E-state index contributed by atoms with van der Waals surface area (Å²) in [7, 11) is 0. The standard InChI is InChI=1S/C19H16N4O2/c1-14(24)23(18-4-2-3-16(11-18)13-21)10-9-19(25)22-17-7-5-15(12-20)6-8-17/h2-8,11H,9-10H2,1H3,(H,22,25). The summed E-state index contributed by atoms with van der Waals surface area (Å²) in [6.07, 6.45) is 0.108. The summed E-state index contributed by atoms with van der Waals surface area (Å²) < 4.78 is 0. The summed E-state index contributed by atoms with van der Waals surface area (Å²) in [5.74, 6) is -0.450. The second-order valence-electron chi connectivity index (χ2n) is 5.32. The van der Waals surface area contributed by atoms with Gasteiger partial charge in [-0.15, -0.1) is 0 Å². The molecular weight excluding hydrogens is 316 g/mol. The summed E-state index contributed by atoms with van der Waals surface area (Å²) in [4.78, 5) is 25.4. The molecule has 2 rings (SSSR count). The number of hydrogen-bond acceptors (Lipinski definition) is 4. The lowest BCUT2D eigenvalue weighted by Crippen LogP contribution is -2.32. The van der Waals surface area contributed by atoms with Gasteiger partial charge in [-0.3, -0.25) is 9.59 Å². The fourth-order valence-corrected chi connectivity index (χ4v) is 2.28. The molecule has 0 atom stereocenters. The van der Waals surface area contributed by atoms with E-state index in [-0.39, 0.29) is 24.8 Å². The summed E-state index contributed by atoms with van der Waals surface area (Å²) in [5, 5.41) is 20.4. The molecule has 6 heteroatoms. The molecule has 124 valence electrons. The fraction of sp³-hybridized carbons (Fsp3) is 0.158. The SMILES string of the molecule is CC(=O)N(CCC(=O)Nc1ccc(C#N)cc1)c1cccc(C#N)c1. The van der Waals surface area contributed by atoms with Crippen LogP contribution in [0.4, 0.5) is 11.4 Å². The second kappa shape index (κ2) is 8.28. The van der Waals surface area contributed by atoms with E-state index in [2.05, 4.69) is 5.32 Å². The number of benzene rings is 2. The van der Waals surface area contributed by atoms with Gasteiger partial charge >= 0.3 is 0 Å². The van der Waals surface area contributed by atoms with E-state index in [1.54, 1.807) is 48.5 Å². The van der Waals surface area contributed by atoms with Crippen molar-refractivity contribution in [2.45, 2.75) is 13.3 Å². The van der Waals surface area contributed by atoms with E-state index in [4.69, 9.17) is 10.5 Å². The van der Waals surface area contributed by atoms with Crippen LogP contribution in [0.3, 0.4) is 0 Å². The van der Waals surface area contributed by atoms with Crippen LogP contribution in [0.5, 0.6) is 0 Å². The Balaban J connectivity index is 2.00. The zero-order chi connectivity index (χ0) is 18.2. The minimum atomic E-state index is -0.243. The number of hydrogen-bond donors (Lipinski definition) is 1. The Kier molecular flexibility index (Phi) is 5.86. The summed E-state index contributed by atoms with van der Waals surface area (Å²) in [5.41, 5.74) is 2.13. The maximum absolute atomic E-state index is 12.1. The average molecular weight is 332 g/mol. The van der Waals surface area contributed by atoms with Gasteiger partial charge in [0.25, 0.3) is 0 Å². The number of nitrogens with one attached hydrogen (secondary N) is 1. The Hall–Kier alpha value is -3.64. The highest BCUT2D eigenvalue weighted by Gasteiger charge is 2.14. The predicted molar refractivity (Wildman–Crippen MR) is 93.6 cm³/mol. The van der Waals surface area contributed by atoms with Crippen LogP contribution in [-0.2, 0) is 9.59 Å². The molecular formula is C19H16N4O2. The van der Waals surface area contributed by atoms with Gasteiger partial charge in [0.1, 0.15) is 0 Å². The van der Waals surface area contributed by atoms with Gasteiger partial charge in [-0.05, 0) is 42.5 Å². The van der Waals surface area contributed by atoms with Crippen LogP contribution in [0.1, 0.15) is 24.5 Å². The van der Waals surface area contributed by atoms with Crippen LogP contribution >= 0.6 is 0 Å². The van der Waals surface area contributed by atoms with Crippen molar-refractivity contribution in [1.82, 2.24) is 0 Å². The zero-order valence-corrected chi connectivity index (χ0v) is 13.7. The Morgan fingerprint density at radius 3 is 2.32 bits per heavy atom. The molecule has 0 aromatic heterocycles. The summed E-state index contributed by atoms with van der Waals surface area (Å²) >= 11 is 0. The maximum atomic E-state index is 12.1.